The van der Waals surface area contributed by atoms with Crippen LogP contribution in [0, 0.1) is 34.5 Å². The highest BCUT2D eigenvalue weighted by Crippen LogP contribution is 2.64. The van der Waals surface area contributed by atoms with Crippen molar-refractivity contribution in [3.05, 3.63) is 0 Å². The van der Waals surface area contributed by atoms with Crippen molar-refractivity contribution in [2.24, 2.45) is 34.5 Å². The number of rotatable bonds is 1. The first-order chi connectivity index (χ1) is 11.3. The molecule has 24 heavy (non-hydrogen) atoms. The minimum atomic E-state index is -0.415. The van der Waals surface area contributed by atoms with Gasteiger partial charge in [0.2, 0.25) is 0 Å². The Bertz CT molecular complexity index is 572. The van der Waals surface area contributed by atoms with Crippen molar-refractivity contribution < 1.29 is 19.4 Å². The predicted molar refractivity (Wildman–Crippen MR) is 89.3 cm³/mol. The van der Waals surface area contributed by atoms with Crippen molar-refractivity contribution in [1.82, 2.24) is 0 Å². The molecule has 4 heteroatoms. The fourth-order valence-corrected chi connectivity index (χ4v) is 7.09. The van der Waals surface area contributed by atoms with Crippen molar-refractivity contribution >= 4 is 11.6 Å². The molecule has 0 unspecified atom stereocenters. The van der Waals surface area contributed by atoms with Gasteiger partial charge in [-0.1, -0.05) is 13.8 Å². The number of Topliss-reactive ketones (excluding diaryl/α,β-unsaturated/α-hetero) is 2. The Morgan fingerprint density at radius 2 is 1.92 bits per heavy atom. The number of carbonyl (C=O) groups excluding carboxylic acids is 2. The lowest BCUT2D eigenvalue weighted by atomic mass is 9.44. The van der Waals surface area contributed by atoms with Crippen LogP contribution in [0.25, 0.3) is 0 Å². The molecule has 4 aliphatic rings. The molecule has 0 aliphatic heterocycles. The minimum absolute atomic E-state index is 0.0466. The van der Waals surface area contributed by atoms with Crippen molar-refractivity contribution in [3.63, 3.8) is 0 Å². The van der Waals surface area contributed by atoms with E-state index in [-0.39, 0.29) is 17.4 Å². The van der Waals surface area contributed by atoms with Gasteiger partial charge < -0.3 is 9.84 Å². The third kappa shape index (κ3) is 2.05. The summed E-state index contributed by atoms with van der Waals surface area (Å²) in [5, 5.41) is 10.4. The highest BCUT2D eigenvalue weighted by molar-refractivity contribution is 5.95. The first-order valence-electron chi connectivity index (χ1n) is 9.58. The van der Waals surface area contributed by atoms with Crippen molar-refractivity contribution in [1.29, 1.82) is 0 Å². The van der Waals surface area contributed by atoms with E-state index in [1.54, 1.807) is 7.11 Å². The van der Waals surface area contributed by atoms with E-state index >= 15 is 0 Å². The number of hydrogen-bond acceptors (Lipinski definition) is 4. The first-order valence-corrected chi connectivity index (χ1v) is 9.58. The zero-order valence-corrected chi connectivity index (χ0v) is 15.1. The maximum atomic E-state index is 13.2. The first kappa shape index (κ1) is 16.7. The van der Waals surface area contributed by atoms with E-state index in [0.717, 1.165) is 32.1 Å². The van der Waals surface area contributed by atoms with Crippen LogP contribution in [0.1, 0.15) is 58.8 Å². The van der Waals surface area contributed by atoms with Gasteiger partial charge in [-0.2, -0.15) is 0 Å². The number of fused-ring (bicyclic) bond motifs is 5. The third-order valence-electron chi connectivity index (χ3n) is 8.36. The largest absolute Gasteiger partial charge is 0.390 e. The van der Waals surface area contributed by atoms with Gasteiger partial charge in [-0.05, 0) is 55.3 Å². The van der Waals surface area contributed by atoms with Crippen LogP contribution >= 0.6 is 0 Å². The van der Waals surface area contributed by atoms with Crippen molar-refractivity contribution in [2.75, 3.05) is 7.11 Å². The van der Waals surface area contributed by atoms with E-state index < -0.39 is 11.5 Å². The number of ether oxygens (including phenoxy) is 1. The van der Waals surface area contributed by atoms with E-state index in [4.69, 9.17) is 4.74 Å². The summed E-state index contributed by atoms with van der Waals surface area (Å²) in [5.74, 6) is 1.76. The number of aliphatic hydroxyl groups excluding tert-OH is 1. The molecule has 0 radical (unpaired) electrons. The van der Waals surface area contributed by atoms with Gasteiger partial charge in [0, 0.05) is 31.3 Å². The molecule has 4 fully saturated rings. The summed E-state index contributed by atoms with van der Waals surface area (Å²) in [6.07, 6.45) is 5.07. The highest BCUT2D eigenvalue weighted by Gasteiger charge is 2.64. The molecule has 0 aromatic heterocycles. The molecule has 0 spiro atoms. The average molecular weight is 334 g/mol. The van der Waals surface area contributed by atoms with E-state index in [2.05, 4.69) is 6.92 Å². The Kier molecular flexibility index (Phi) is 3.74. The molecule has 134 valence electrons. The van der Waals surface area contributed by atoms with Crippen LogP contribution < -0.4 is 0 Å². The quantitative estimate of drug-likeness (QED) is 0.801. The normalized spacial score (nSPS) is 54.2. The summed E-state index contributed by atoms with van der Waals surface area (Å²) in [4.78, 5) is 25.7. The molecule has 0 heterocycles. The van der Waals surface area contributed by atoms with Gasteiger partial charge in [0.25, 0.3) is 0 Å². The summed E-state index contributed by atoms with van der Waals surface area (Å²) in [6.45, 7) is 4.29. The van der Waals surface area contributed by atoms with Crippen LogP contribution in [0.4, 0.5) is 0 Å². The Morgan fingerprint density at radius 3 is 2.62 bits per heavy atom. The molecule has 4 saturated carbocycles. The number of methoxy groups -OCH3 is 1. The van der Waals surface area contributed by atoms with Crippen LogP contribution in [-0.4, -0.2) is 36.0 Å². The second kappa shape index (κ2) is 5.38. The second-order valence-electron chi connectivity index (χ2n) is 9.33. The maximum absolute atomic E-state index is 13.2. The van der Waals surface area contributed by atoms with Crippen LogP contribution in [0.15, 0.2) is 0 Å². The Morgan fingerprint density at radius 1 is 1.17 bits per heavy atom. The van der Waals surface area contributed by atoms with Gasteiger partial charge in [-0.3, -0.25) is 9.59 Å². The monoisotopic (exact) mass is 334 g/mol. The Balaban J connectivity index is 1.70. The molecule has 0 saturated heterocycles. The van der Waals surface area contributed by atoms with Gasteiger partial charge in [0.1, 0.15) is 11.6 Å². The summed E-state index contributed by atoms with van der Waals surface area (Å²) in [6, 6.07) is 0. The SMILES string of the molecule is CO[C@H]1C[C@@]2(C)[C@@H](CC[C@@H]3[C@@H]2C(=O)C[C@]2(C)C(=O)CC[C@@H]32)C[C@@H]1O. The maximum Gasteiger partial charge on any atom is 0.139 e. The molecule has 1 N–H and O–H groups in total. The van der Waals surface area contributed by atoms with Crippen LogP contribution in [0.3, 0.4) is 0 Å². The molecule has 4 nitrogen and oxygen atoms in total. The highest BCUT2D eigenvalue weighted by atomic mass is 16.5. The number of hydrogen-bond donors (Lipinski definition) is 1. The summed E-state index contributed by atoms with van der Waals surface area (Å²) < 4.78 is 5.54. The standard InChI is InChI=1S/C20H30O4/c1-19-10-16(24-3)14(21)8-11(19)4-5-12-13-6-7-17(23)20(13,2)9-15(22)18(12)19/h11-14,16,18,21H,4-10H2,1-3H3/t11-,12-,13-,14-,16-,18+,19-,20-/m0/s1. The topological polar surface area (TPSA) is 63.6 Å². The molecule has 0 aromatic rings. The second-order valence-corrected chi connectivity index (χ2v) is 9.33. The van der Waals surface area contributed by atoms with Crippen LogP contribution in [0.2, 0.25) is 0 Å². The summed E-state index contributed by atoms with van der Waals surface area (Å²) in [7, 11) is 1.66. The molecule has 8 atom stereocenters. The van der Waals surface area contributed by atoms with E-state index in [9.17, 15) is 14.7 Å². The fourth-order valence-electron chi connectivity index (χ4n) is 7.09. The van der Waals surface area contributed by atoms with Crippen molar-refractivity contribution in [2.45, 2.75) is 71.0 Å². The Labute approximate surface area is 144 Å². The summed E-state index contributed by atoms with van der Waals surface area (Å²) >= 11 is 0. The van der Waals surface area contributed by atoms with E-state index in [1.807, 2.05) is 6.92 Å². The Hall–Kier alpha value is -0.740. The minimum Gasteiger partial charge on any atom is -0.390 e. The zero-order chi connectivity index (χ0) is 17.3. The third-order valence-corrected chi connectivity index (χ3v) is 8.36. The summed E-state index contributed by atoms with van der Waals surface area (Å²) in [5.41, 5.74) is -0.497. The van der Waals surface area contributed by atoms with Gasteiger partial charge in [0.05, 0.1) is 12.2 Å². The molecule has 0 bridgehead atoms. The van der Waals surface area contributed by atoms with E-state index in [0.29, 0.717) is 42.2 Å². The number of carbonyl (C=O) groups is 2. The lowest BCUT2D eigenvalue weighted by Gasteiger charge is -2.59. The fraction of sp³-hybridized carbons (Fsp3) is 0.900. The zero-order valence-electron chi connectivity index (χ0n) is 15.1. The molecule has 4 aliphatic carbocycles. The van der Waals surface area contributed by atoms with Gasteiger partial charge >= 0.3 is 0 Å². The molecule has 0 amide bonds. The van der Waals surface area contributed by atoms with Crippen LogP contribution in [-0.2, 0) is 14.3 Å². The van der Waals surface area contributed by atoms with Crippen molar-refractivity contribution in [3.8, 4) is 0 Å². The smallest absolute Gasteiger partial charge is 0.139 e. The van der Waals surface area contributed by atoms with Gasteiger partial charge in [-0.25, -0.2) is 0 Å². The molecule has 4 rings (SSSR count). The van der Waals surface area contributed by atoms with Gasteiger partial charge in [0.15, 0.2) is 0 Å². The van der Waals surface area contributed by atoms with Crippen LogP contribution in [0.5, 0.6) is 0 Å². The lowest BCUT2D eigenvalue weighted by Crippen LogP contribution is -2.60. The molecular weight excluding hydrogens is 304 g/mol. The average Bonchev–Trinajstić information content (AvgIpc) is 2.82. The number of ketones is 2. The lowest BCUT2D eigenvalue weighted by molar-refractivity contribution is -0.176. The number of aliphatic hydroxyl groups is 1. The predicted octanol–water partition coefficient (Wildman–Crippen LogP) is 2.76. The van der Waals surface area contributed by atoms with Gasteiger partial charge in [-0.15, -0.1) is 0 Å². The molecule has 0 aromatic carbocycles. The van der Waals surface area contributed by atoms with E-state index in [1.165, 1.54) is 0 Å². The molecular formula is C20H30O4.